The van der Waals surface area contributed by atoms with Crippen molar-refractivity contribution in [3.8, 4) is 6.07 Å². The summed E-state index contributed by atoms with van der Waals surface area (Å²) in [7, 11) is 0. The Morgan fingerprint density at radius 3 is 3.25 bits per heavy atom. The maximum atomic E-state index is 8.80. The molecule has 3 nitrogen and oxygen atoms in total. The van der Waals surface area contributed by atoms with E-state index in [1.165, 1.54) is 0 Å². The van der Waals surface area contributed by atoms with Gasteiger partial charge in [-0.2, -0.15) is 5.26 Å². The van der Waals surface area contributed by atoms with E-state index in [9.17, 15) is 0 Å². The van der Waals surface area contributed by atoms with E-state index in [1.807, 2.05) is 6.08 Å². The predicted octanol–water partition coefficient (Wildman–Crippen LogP) is 0.360. The maximum absolute atomic E-state index is 8.80. The van der Waals surface area contributed by atoms with Crippen molar-refractivity contribution in [3.05, 3.63) is 12.7 Å². The Hall–Kier alpha value is -0.850. The second-order valence-corrected chi connectivity index (χ2v) is 2.96. The molecule has 0 spiro atoms. The lowest BCUT2D eigenvalue weighted by Gasteiger charge is -2.31. The van der Waals surface area contributed by atoms with Crippen LogP contribution in [-0.2, 0) is 0 Å². The minimum atomic E-state index is 0.0544. The molecule has 3 heteroatoms. The van der Waals surface area contributed by atoms with Gasteiger partial charge in [0.15, 0.2) is 0 Å². The van der Waals surface area contributed by atoms with E-state index >= 15 is 0 Å². The summed E-state index contributed by atoms with van der Waals surface area (Å²) >= 11 is 0. The summed E-state index contributed by atoms with van der Waals surface area (Å²) < 4.78 is 0. The molecule has 0 saturated carbocycles. The molecule has 66 valence electrons. The third-order valence-corrected chi connectivity index (χ3v) is 2.12. The normalized spacial score (nSPS) is 24.8. The summed E-state index contributed by atoms with van der Waals surface area (Å²) in [6.45, 7) is 7.41. The fraction of sp³-hybridized carbons (Fsp3) is 0.667. The van der Waals surface area contributed by atoms with E-state index in [0.29, 0.717) is 0 Å². The minimum Gasteiger partial charge on any atom is -0.313 e. The standard InChI is InChI=1S/C9H15N3/c1-2-3-5-12-6-4-11-8-9(12)7-10/h2,9,11H,1,3-6,8H2. The van der Waals surface area contributed by atoms with Gasteiger partial charge in [0.05, 0.1) is 6.07 Å². The first kappa shape index (κ1) is 9.24. The highest BCUT2D eigenvalue weighted by Crippen LogP contribution is 2.02. The van der Waals surface area contributed by atoms with Gasteiger partial charge in [-0.05, 0) is 6.42 Å². The number of hydrogen-bond donors (Lipinski definition) is 1. The molecule has 1 N–H and O–H groups in total. The van der Waals surface area contributed by atoms with Crippen molar-refractivity contribution < 1.29 is 0 Å². The molecule has 12 heavy (non-hydrogen) atoms. The van der Waals surface area contributed by atoms with Gasteiger partial charge in [0.1, 0.15) is 6.04 Å². The molecule has 1 unspecified atom stereocenters. The third kappa shape index (κ3) is 2.33. The Balaban J connectivity index is 2.37. The predicted molar refractivity (Wildman–Crippen MR) is 48.7 cm³/mol. The van der Waals surface area contributed by atoms with Crippen LogP contribution in [0, 0.1) is 11.3 Å². The third-order valence-electron chi connectivity index (χ3n) is 2.12. The van der Waals surface area contributed by atoms with Gasteiger partial charge in [-0.15, -0.1) is 6.58 Å². The Kier molecular flexibility index (Phi) is 3.78. The van der Waals surface area contributed by atoms with Crippen LogP contribution in [-0.4, -0.2) is 37.1 Å². The number of piperazine rings is 1. The zero-order valence-corrected chi connectivity index (χ0v) is 7.29. The number of nitriles is 1. The summed E-state index contributed by atoms with van der Waals surface area (Å²) in [4.78, 5) is 2.21. The van der Waals surface area contributed by atoms with Crippen LogP contribution in [0.4, 0.5) is 0 Å². The van der Waals surface area contributed by atoms with Crippen molar-refractivity contribution in [1.82, 2.24) is 10.2 Å². The maximum Gasteiger partial charge on any atom is 0.110 e. The molecule has 1 heterocycles. The molecule has 0 aliphatic carbocycles. The van der Waals surface area contributed by atoms with Gasteiger partial charge in [0.25, 0.3) is 0 Å². The van der Waals surface area contributed by atoms with Gasteiger partial charge in [0, 0.05) is 26.2 Å². The summed E-state index contributed by atoms with van der Waals surface area (Å²) in [5.41, 5.74) is 0. The van der Waals surface area contributed by atoms with Crippen LogP contribution < -0.4 is 5.32 Å². The van der Waals surface area contributed by atoms with Crippen LogP contribution in [0.1, 0.15) is 6.42 Å². The van der Waals surface area contributed by atoms with Crippen LogP contribution in [0.25, 0.3) is 0 Å². The first-order chi connectivity index (χ1) is 5.88. The number of rotatable bonds is 3. The first-order valence-corrected chi connectivity index (χ1v) is 4.33. The van der Waals surface area contributed by atoms with Crippen LogP contribution in [0.3, 0.4) is 0 Å². The Labute approximate surface area is 73.7 Å². The minimum absolute atomic E-state index is 0.0544. The highest BCUT2D eigenvalue weighted by atomic mass is 15.2. The van der Waals surface area contributed by atoms with Gasteiger partial charge >= 0.3 is 0 Å². The second kappa shape index (κ2) is 4.91. The monoisotopic (exact) mass is 165 g/mol. The fourth-order valence-corrected chi connectivity index (χ4v) is 1.40. The van der Waals surface area contributed by atoms with E-state index in [-0.39, 0.29) is 6.04 Å². The fourth-order valence-electron chi connectivity index (χ4n) is 1.40. The average Bonchev–Trinajstić information content (AvgIpc) is 2.15. The Morgan fingerprint density at radius 2 is 2.58 bits per heavy atom. The van der Waals surface area contributed by atoms with E-state index in [1.54, 1.807) is 0 Å². The van der Waals surface area contributed by atoms with Crippen LogP contribution in [0.15, 0.2) is 12.7 Å². The van der Waals surface area contributed by atoms with Crippen molar-refractivity contribution in [3.63, 3.8) is 0 Å². The van der Waals surface area contributed by atoms with Crippen molar-refractivity contribution in [2.24, 2.45) is 0 Å². The van der Waals surface area contributed by atoms with Crippen molar-refractivity contribution >= 4 is 0 Å². The van der Waals surface area contributed by atoms with E-state index < -0.39 is 0 Å². The topological polar surface area (TPSA) is 39.1 Å². The molecule has 0 aromatic rings. The lowest BCUT2D eigenvalue weighted by atomic mass is 10.2. The first-order valence-electron chi connectivity index (χ1n) is 4.33. The quantitative estimate of drug-likeness (QED) is 0.614. The van der Waals surface area contributed by atoms with E-state index in [0.717, 1.165) is 32.6 Å². The zero-order valence-electron chi connectivity index (χ0n) is 7.29. The molecule has 0 amide bonds. The van der Waals surface area contributed by atoms with Gasteiger partial charge in [0.2, 0.25) is 0 Å². The van der Waals surface area contributed by atoms with Gasteiger partial charge in [-0.3, -0.25) is 4.90 Å². The highest BCUT2D eigenvalue weighted by molar-refractivity contribution is 4.96. The molecule has 0 aromatic carbocycles. The van der Waals surface area contributed by atoms with E-state index in [2.05, 4.69) is 22.9 Å². The summed E-state index contributed by atoms with van der Waals surface area (Å²) in [5.74, 6) is 0. The molecular weight excluding hydrogens is 150 g/mol. The second-order valence-electron chi connectivity index (χ2n) is 2.96. The zero-order chi connectivity index (χ0) is 8.81. The molecule has 1 saturated heterocycles. The van der Waals surface area contributed by atoms with Gasteiger partial charge in [-0.25, -0.2) is 0 Å². The summed E-state index contributed by atoms with van der Waals surface area (Å²) in [6, 6.07) is 2.35. The van der Waals surface area contributed by atoms with Crippen molar-refractivity contribution in [1.29, 1.82) is 5.26 Å². The molecule has 1 fully saturated rings. The summed E-state index contributed by atoms with van der Waals surface area (Å²) in [5, 5.41) is 12.0. The van der Waals surface area contributed by atoms with Crippen LogP contribution in [0.2, 0.25) is 0 Å². The van der Waals surface area contributed by atoms with Gasteiger partial charge < -0.3 is 5.32 Å². The van der Waals surface area contributed by atoms with Crippen molar-refractivity contribution in [2.75, 3.05) is 26.2 Å². The molecule has 1 aliphatic rings. The average molecular weight is 165 g/mol. The Bertz CT molecular complexity index is 183. The lowest BCUT2D eigenvalue weighted by Crippen LogP contribution is -2.50. The molecular formula is C9H15N3. The molecule has 0 bridgehead atoms. The summed E-state index contributed by atoms with van der Waals surface area (Å²) in [6.07, 6.45) is 2.87. The van der Waals surface area contributed by atoms with E-state index in [4.69, 9.17) is 5.26 Å². The molecule has 1 rings (SSSR count). The highest BCUT2D eigenvalue weighted by Gasteiger charge is 2.20. The SMILES string of the molecule is C=CCCN1CCNCC1C#N. The van der Waals surface area contributed by atoms with Crippen LogP contribution >= 0.6 is 0 Å². The number of nitrogens with zero attached hydrogens (tertiary/aromatic N) is 2. The van der Waals surface area contributed by atoms with Crippen LogP contribution in [0.5, 0.6) is 0 Å². The van der Waals surface area contributed by atoms with Crippen molar-refractivity contribution in [2.45, 2.75) is 12.5 Å². The lowest BCUT2D eigenvalue weighted by molar-refractivity contribution is 0.201. The van der Waals surface area contributed by atoms with Gasteiger partial charge in [-0.1, -0.05) is 6.08 Å². The molecule has 1 atom stereocenters. The molecule has 0 aromatic heterocycles. The Morgan fingerprint density at radius 1 is 1.75 bits per heavy atom. The molecule has 1 aliphatic heterocycles. The smallest absolute Gasteiger partial charge is 0.110 e. The number of nitrogens with one attached hydrogen (secondary N) is 1. The number of hydrogen-bond acceptors (Lipinski definition) is 3. The molecule has 0 radical (unpaired) electrons. The largest absolute Gasteiger partial charge is 0.313 e.